The van der Waals surface area contributed by atoms with Gasteiger partial charge in [-0.2, -0.15) is 0 Å². The molecule has 3 rings (SSSR count). The number of aromatic nitrogens is 3. The van der Waals surface area contributed by atoms with Crippen LogP contribution in [0.1, 0.15) is 44.1 Å². The first-order chi connectivity index (χ1) is 12.3. The average Bonchev–Trinajstić information content (AvgIpc) is 2.96. The maximum atomic E-state index is 13.3. The van der Waals surface area contributed by atoms with Gasteiger partial charge in [0.15, 0.2) is 0 Å². The average molecular weight is 360 g/mol. The third kappa shape index (κ3) is 2.89. The van der Waals surface area contributed by atoms with Gasteiger partial charge < -0.3 is 9.47 Å². The molecule has 2 aromatic heterocycles. The van der Waals surface area contributed by atoms with Gasteiger partial charge in [0.2, 0.25) is 0 Å². The third-order valence-corrected chi connectivity index (χ3v) is 5.32. The van der Waals surface area contributed by atoms with Gasteiger partial charge in [-0.05, 0) is 30.7 Å². The predicted molar refractivity (Wildman–Crippen MR) is 102 cm³/mol. The molecule has 7 nitrogen and oxygen atoms in total. The molecule has 2 aromatic rings. The molecule has 0 saturated carbocycles. The first kappa shape index (κ1) is 18.5. The van der Waals surface area contributed by atoms with Crippen molar-refractivity contribution in [3.8, 4) is 0 Å². The summed E-state index contributed by atoms with van der Waals surface area (Å²) in [5.74, 6) is 0.871. The molecule has 2 atom stereocenters. The van der Waals surface area contributed by atoms with Crippen LogP contribution in [0.15, 0.2) is 15.7 Å². The molecule has 0 unspecified atom stereocenters. The number of piperidine rings is 1. The lowest BCUT2D eigenvalue weighted by Crippen LogP contribution is -2.43. The van der Waals surface area contributed by atoms with Gasteiger partial charge in [-0.1, -0.05) is 20.8 Å². The number of aryl methyl sites for hydroxylation is 2. The lowest BCUT2D eigenvalue weighted by atomic mass is 9.92. The van der Waals surface area contributed by atoms with Gasteiger partial charge >= 0.3 is 5.69 Å². The van der Waals surface area contributed by atoms with E-state index in [1.54, 1.807) is 13.1 Å². The minimum Gasteiger partial charge on any atom is -0.337 e. The fourth-order valence-corrected chi connectivity index (χ4v) is 4.26. The van der Waals surface area contributed by atoms with Crippen molar-refractivity contribution in [2.45, 2.75) is 40.2 Å². The van der Waals surface area contributed by atoms with E-state index in [-0.39, 0.29) is 17.2 Å². The van der Waals surface area contributed by atoms with Gasteiger partial charge in [0.25, 0.3) is 11.5 Å². The number of rotatable bonds is 3. The summed E-state index contributed by atoms with van der Waals surface area (Å²) in [5, 5.41) is 0.421. The van der Waals surface area contributed by atoms with Crippen LogP contribution in [0.4, 0.5) is 0 Å². The monoisotopic (exact) mass is 360 g/mol. The summed E-state index contributed by atoms with van der Waals surface area (Å²) in [6.07, 6.45) is 1.93. The Balaban J connectivity index is 2.20. The number of likely N-dealkylation sites (tertiary alicyclic amines) is 1. The van der Waals surface area contributed by atoms with E-state index in [4.69, 9.17) is 0 Å². The maximum Gasteiger partial charge on any atom is 0.332 e. The Hall–Kier alpha value is -2.31. The predicted octanol–water partition coefficient (Wildman–Crippen LogP) is 1.57. The Kier molecular flexibility index (Phi) is 4.82. The van der Waals surface area contributed by atoms with E-state index in [2.05, 4.69) is 13.8 Å². The third-order valence-electron chi connectivity index (χ3n) is 5.32. The molecule has 1 aliphatic heterocycles. The van der Waals surface area contributed by atoms with Crippen LogP contribution in [0.25, 0.3) is 11.0 Å². The Labute approximate surface area is 152 Å². The highest BCUT2D eigenvalue weighted by atomic mass is 16.2. The van der Waals surface area contributed by atoms with Crippen LogP contribution in [-0.4, -0.2) is 37.6 Å². The Bertz CT molecular complexity index is 956. The second-order valence-corrected chi connectivity index (χ2v) is 7.78. The van der Waals surface area contributed by atoms with Crippen molar-refractivity contribution in [2.24, 2.45) is 25.9 Å². The Morgan fingerprint density at radius 1 is 1.12 bits per heavy atom. The molecule has 1 amide bonds. The molecule has 1 saturated heterocycles. The fraction of sp³-hybridized carbons (Fsp3) is 0.632. The molecule has 0 aliphatic carbocycles. The number of fused-ring (bicyclic) bond motifs is 1. The molecule has 0 N–H and O–H groups in total. The number of hydrogen-bond acceptors (Lipinski definition) is 3. The molecule has 7 heteroatoms. The van der Waals surface area contributed by atoms with E-state index in [1.165, 1.54) is 11.6 Å². The normalized spacial score (nSPS) is 20.7. The van der Waals surface area contributed by atoms with Crippen LogP contribution in [0.2, 0.25) is 0 Å². The second-order valence-electron chi connectivity index (χ2n) is 7.78. The van der Waals surface area contributed by atoms with E-state index < -0.39 is 0 Å². The Morgan fingerprint density at radius 3 is 2.31 bits per heavy atom. The van der Waals surface area contributed by atoms with E-state index in [0.29, 0.717) is 35.1 Å². The zero-order chi connectivity index (χ0) is 19.2. The topological polar surface area (TPSA) is 69.2 Å². The number of amides is 1. The van der Waals surface area contributed by atoms with Gasteiger partial charge in [0.05, 0.1) is 5.39 Å². The first-order valence-corrected chi connectivity index (χ1v) is 9.34. The molecule has 1 fully saturated rings. The van der Waals surface area contributed by atoms with Crippen molar-refractivity contribution >= 4 is 16.9 Å². The zero-order valence-corrected chi connectivity index (χ0v) is 16.3. The SMILES string of the molecule is CCCn1c(C(=O)N2C[C@H](C)C[C@H](C)C2)cc2c(=O)n(C)c(=O)n(C)c21. The summed E-state index contributed by atoms with van der Waals surface area (Å²) in [5.41, 5.74) is 0.299. The smallest absolute Gasteiger partial charge is 0.332 e. The Morgan fingerprint density at radius 2 is 1.73 bits per heavy atom. The maximum absolute atomic E-state index is 13.3. The van der Waals surface area contributed by atoms with Crippen LogP contribution >= 0.6 is 0 Å². The minimum atomic E-state index is -0.378. The number of carbonyl (C=O) groups excluding carboxylic acids is 1. The fourth-order valence-electron chi connectivity index (χ4n) is 4.26. The first-order valence-electron chi connectivity index (χ1n) is 9.34. The van der Waals surface area contributed by atoms with Crippen LogP contribution in [0.3, 0.4) is 0 Å². The van der Waals surface area contributed by atoms with E-state index in [9.17, 15) is 14.4 Å². The highest BCUT2D eigenvalue weighted by molar-refractivity contribution is 5.98. The molecular weight excluding hydrogens is 332 g/mol. The molecule has 3 heterocycles. The van der Waals surface area contributed by atoms with Crippen molar-refractivity contribution in [3.63, 3.8) is 0 Å². The summed E-state index contributed by atoms with van der Waals surface area (Å²) in [6.45, 7) is 8.39. The van der Waals surface area contributed by atoms with E-state index in [1.807, 2.05) is 16.4 Å². The molecule has 142 valence electrons. The van der Waals surface area contributed by atoms with Crippen molar-refractivity contribution in [1.29, 1.82) is 0 Å². The summed E-state index contributed by atoms with van der Waals surface area (Å²) in [7, 11) is 3.12. The lowest BCUT2D eigenvalue weighted by Gasteiger charge is -2.35. The van der Waals surface area contributed by atoms with Crippen molar-refractivity contribution in [1.82, 2.24) is 18.6 Å². The number of hydrogen-bond donors (Lipinski definition) is 0. The molecular formula is C19H28N4O3. The van der Waals surface area contributed by atoms with Gasteiger partial charge in [0, 0.05) is 33.7 Å². The van der Waals surface area contributed by atoms with Gasteiger partial charge in [-0.15, -0.1) is 0 Å². The van der Waals surface area contributed by atoms with E-state index in [0.717, 1.165) is 30.5 Å². The molecule has 0 radical (unpaired) electrons. The van der Waals surface area contributed by atoms with Crippen LogP contribution in [0, 0.1) is 11.8 Å². The van der Waals surface area contributed by atoms with Crippen molar-refractivity contribution < 1.29 is 4.79 Å². The number of nitrogens with zero attached hydrogens (tertiary/aromatic N) is 4. The van der Waals surface area contributed by atoms with Crippen molar-refractivity contribution in [3.05, 3.63) is 32.6 Å². The number of carbonyl (C=O) groups is 1. The lowest BCUT2D eigenvalue weighted by molar-refractivity contribution is 0.0612. The minimum absolute atomic E-state index is 0.0532. The quantitative estimate of drug-likeness (QED) is 0.834. The molecule has 26 heavy (non-hydrogen) atoms. The molecule has 0 aromatic carbocycles. The summed E-state index contributed by atoms with van der Waals surface area (Å²) < 4.78 is 4.40. The molecule has 0 bridgehead atoms. The van der Waals surface area contributed by atoms with Crippen LogP contribution in [0.5, 0.6) is 0 Å². The summed E-state index contributed by atoms with van der Waals surface area (Å²) in [4.78, 5) is 40.1. The molecule has 1 aliphatic rings. The van der Waals surface area contributed by atoms with E-state index >= 15 is 0 Å². The highest BCUT2D eigenvalue weighted by Gasteiger charge is 2.29. The van der Waals surface area contributed by atoms with Crippen LogP contribution < -0.4 is 11.2 Å². The standard InChI is InChI=1S/C19H28N4O3/c1-6-7-23-15(18(25)22-10-12(2)8-13(3)11-22)9-14-16(23)20(4)19(26)21(5)17(14)24/h9,12-13H,6-8,10-11H2,1-5H3/t12-,13+. The highest BCUT2D eigenvalue weighted by Crippen LogP contribution is 2.24. The molecule has 0 spiro atoms. The van der Waals surface area contributed by atoms with Crippen LogP contribution in [-0.2, 0) is 20.6 Å². The summed E-state index contributed by atoms with van der Waals surface area (Å²) >= 11 is 0. The second kappa shape index (κ2) is 6.78. The van der Waals surface area contributed by atoms with Gasteiger partial charge in [-0.25, -0.2) is 4.79 Å². The van der Waals surface area contributed by atoms with Gasteiger partial charge in [-0.3, -0.25) is 18.7 Å². The zero-order valence-electron chi connectivity index (χ0n) is 16.3. The van der Waals surface area contributed by atoms with Crippen molar-refractivity contribution in [2.75, 3.05) is 13.1 Å². The van der Waals surface area contributed by atoms with Gasteiger partial charge in [0.1, 0.15) is 11.3 Å². The summed E-state index contributed by atoms with van der Waals surface area (Å²) in [6, 6.07) is 1.67. The largest absolute Gasteiger partial charge is 0.337 e.